The summed E-state index contributed by atoms with van der Waals surface area (Å²) in [7, 11) is 0. The number of carbonyl (C=O) groups excluding carboxylic acids is 2. The minimum absolute atomic E-state index is 0.0955. The van der Waals surface area contributed by atoms with Crippen LogP contribution in [0.5, 0.6) is 0 Å². The van der Waals surface area contributed by atoms with E-state index in [9.17, 15) is 9.59 Å². The SMILES string of the molecule is CC(O)C(=O)NCCCNC(=O)c1cccs1. The van der Waals surface area contributed by atoms with E-state index in [4.69, 9.17) is 5.11 Å². The van der Waals surface area contributed by atoms with Crippen LogP contribution in [0.25, 0.3) is 0 Å². The molecule has 0 radical (unpaired) electrons. The van der Waals surface area contributed by atoms with E-state index in [1.54, 1.807) is 6.07 Å². The van der Waals surface area contributed by atoms with Crippen molar-refractivity contribution in [2.75, 3.05) is 13.1 Å². The fourth-order valence-corrected chi connectivity index (χ4v) is 1.78. The van der Waals surface area contributed by atoms with Gasteiger partial charge in [0.1, 0.15) is 6.10 Å². The summed E-state index contributed by atoms with van der Waals surface area (Å²) in [5.74, 6) is -0.489. The van der Waals surface area contributed by atoms with Crippen LogP contribution < -0.4 is 10.6 Å². The molecule has 6 heteroatoms. The van der Waals surface area contributed by atoms with Crippen molar-refractivity contribution in [3.63, 3.8) is 0 Å². The summed E-state index contributed by atoms with van der Waals surface area (Å²) in [5, 5.41) is 16.1. The topological polar surface area (TPSA) is 78.4 Å². The Labute approximate surface area is 104 Å². The summed E-state index contributed by atoms with van der Waals surface area (Å²) in [6.07, 6.45) is -0.356. The molecule has 0 bridgehead atoms. The van der Waals surface area contributed by atoms with Crippen LogP contribution in [0, 0.1) is 0 Å². The van der Waals surface area contributed by atoms with E-state index in [0.717, 1.165) is 0 Å². The third-order valence-corrected chi connectivity index (χ3v) is 2.93. The van der Waals surface area contributed by atoms with E-state index in [-0.39, 0.29) is 5.91 Å². The number of hydrogen-bond acceptors (Lipinski definition) is 4. The highest BCUT2D eigenvalue weighted by molar-refractivity contribution is 7.12. The van der Waals surface area contributed by atoms with E-state index >= 15 is 0 Å². The molecular formula is C11H16N2O3S. The van der Waals surface area contributed by atoms with Crippen molar-refractivity contribution < 1.29 is 14.7 Å². The first kappa shape index (κ1) is 13.7. The number of hydrogen-bond donors (Lipinski definition) is 3. The Hall–Kier alpha value is -1.40. The fraction of sp³-hybridized carbons (Fsp3) is 0.455. The number of carbonyl (C=O) groups is 2. The number of aliphatic hydroxyl groups is 1. The highest BCUT2D eigenvalue weighted by atomic mass is 32.1. The van der Waals surface area contributed by atoms with Crippen LogP contribution >= 0.6 is 11.3 Å². The molecule has 3 N–H and O–H groups in total. The van der Waals surface area contributed by atoms with Gasteiger partial charge >= 0.3 is 0 Å². The molecule has 1 rings (SSSR count). The third kappa shape index (κ3) is 4.97. The molecule has 1 aromatic rings. The fourth-order valence-electron chi connectivity index (χ4n) is 1.14. The highest BCUT2D eigenvalue weighted by Gasteiger charge is 2.07. The van der Waals surface area contributed by atoms with Crippen molar-refractivity contribution in [2.45, 2.75) is 19.4 Å². The monoisotopic (exact) mass is 256 g/mol. The van der Waals surface area contributed by atoms with Gasteiger partial charge in [0.2, 0.25) is 5.91 Å². The summed E-state index contributed by atoms with van der Waals surface area (Å²) < 4.78 is 0. The summed E-state index contributed by atoms with van der Waals surface area (Å²) in [6.45, 7) is 2.35. The molecule has 94 valence electrons. The molecule has 1 aromatic heterocycles. The van der Waals surface area contributed by atoms with Crippen molar-refractivity contribution in [1.82, 2.24) is 10.6 Å². The van der Waals surface area contributed by atoms with Crippen LogP contribution in [0.1, 0.15) is 23.0 Å². The second-order valence-electron chi connectivity index (χ2n) is 3.55. The van der Waals surface area contributed by atoms with E-state index in [0.29, 0.717) is 24.4 Å². The molecule has 0 fully saturated rings. The second-order valence-corrected chi connectivity index (χ2v) is 4.50. The Morgan fingerprint density at radius 3 is 2.71 bits per heavy atom. The zero-order valence-electron chi connectivity index (χ0n) is 9.60. The van der Waals surface area contributed by atoms with Gasteiger partial charge in [-0.2, -0.15) is 0 Å². The molecule has 0 aliphatic rings. The predicted molar refractivity (Wildman–Crippen MR) is 66.0 cm³/mol. The van der Waals surface area contributed by atoms with Crippen LogP contribution in [0.15, 0.2) is 17.5 Å². The molecular weight excluding hydrogens is 240 g/mol. The Bertz CT molecular complexity index is 363. The molecule has 1 heterocycles. The Balaban J connectivity index is 2.09. The maximum absolute atomic E-state index is 11.5. The number of thiophene rings is 1. The average molecular weight is 256 g/mol. The van der Waals surface area contributed by atoms with Crippen molar-refractivity contribution >= 4 is 23.2 Å². The zero-order chi connectivity index (χ0) is 12.7. The number of nitrogens with one attached hydrogen (secondary N) is 2. The second kappa shape index (κ2) is 7.03. The summed E-state index contributed by atoms with van der Waals surface area (Å²) >= 11 is 1.39. The average Bonchev–Trinajstić information content (AvgIpc) is 2.81. The molecule has 2 amide bonds. The molecule has 0 aromatic carbocycles. The maximum Gasteiger partial charge on any atom is 0.261 e. The third-order valence-electron chi connectivity index (χ3n) is 2.06. The minimum Gasteiger partial charge on any atom is -0.384 e. The van der Waals surface area contributed by atoms with Crippen LogP contribution in [-0.2, 0) is 4.79 Å². The molecule has 1 atom stereocenters. The Kier molecular flexibility index (Phi) is 5.65. The van der Waals surface area contributed by atoms with Gasteiger partial charge in [-0.1, -0.05) is 6.07 Å². The lowest BCUT2D eigenvalue weighted by atomic mass is 10.3. The van der Waals surface area contributed by atoms with Gasteiger partial charge in [-0.25, -0.2) is 0 Å². The Morgan fingerprint density at radius 2 is 2.12 bits per heavy atom. The van der Waals surface area contributed by atoms with Crippen LogP contribution in [-0.4, -0.2) is 36.1 Å². The van der Waals surface area contributed by atoms with E-state index in [2.05, 4.69) is 10.6 Å². The van der Waals surface area contributed by atoms with Crippen molar-refractivity contribution in [1.29, 1.82) is 0 Å². The predicted octanol–water partition coefficient (Wildman–Crippen LogP) is 0.365. The van der Waals surface area contributed by atoms with E-state index in [1.165, 1.54) is 18.3 Å². The van der Waals surface area contributed by atoms with Gasteiger partial charge in [-0.3, -0.25) is 9.59 Å². The van der Waals surface area contributed by atoms with Crippen molar-refractivity contribution in [3.8, 4) is 0 Å². The molecule has 17 heavy (non-hydrogen) atoms. The molecule has 0 spiro atoms. The normalized spacial score (nSPS) is 11.9. The standard InChI is InChI=1S/C11H16N2O3S/c1-8(14)10(15)12-5-3-6-13-11(16)9-4-2-7-17-9/h2,4,7-8,14H,3,5-6H2,1H3,(H,12,15)(H,13,16). The zero-order valence-corrected chi connectivity index (χ0v) is 10.4. The largest absolute Gasteiger partial charge is 0.384 e. The van der Waals surface area contributed by atoms with Gasteiger partial charge in [0.15, 0.2) is 0 Å². The molecule has 0 aliphatic carbocycles. The first-order chi connectivity index (χ1) is 8.11. The maximum atomic E-state index is 11.5. The lowest BCUT2D eigenvalue weighted by Gasteiger charge is -2.07. The van der Waals surface area contributed by atoms with Crippen molar-refractivity contribution in [2.24, 2.45) is 0 Å². The first-order valence-corrected chi connectivity index (χ1v) is 6.26. The lowest BCUT2D eigenvalue weighted by Crippen LogP contribution is -2.34. The Morgan fingerprint density at radius 1 is 1.41 bits per heavy atom. The quantitative estimate of drug-likeness (QED) is 0.643. The van der Waals surface area contributed by atoms with Gasteiger partial charge in [-0.15, -0.1) is 11.3 Å². The number of amides is 2. The minimum atomic E-state index is -0.990. The number of rotatable bonds is 6. The van der Waals surface area contributed by atoms with Gasteiger partial charge in [0.05, 0.1) is 4.88 Å². The smallest absolute Gasteiger partial charge is 0.261 e. The molecule has 0 saturated heterocycles. The summed E-state index contributed by atoms with van der Waals surface area (Å²) in [4.78, 5) is 23.1. The summed E-state index contributed by atoms with van der Waals surface area (Å²) in [6, 6.07) is 3.58. The summed E-state index contributed by atoms with van der Waals surface area (Å²) in [5.41, 5.74) is 0. The molecule has 0 aliphatic heterocycles. The lowest BCUT2D eigenvalue weighted by molar-refractivity contribution is -0.128. The molecule has 1 unspecified atom stereocenters. The highest BCUT2D eigenvalue weighted by Crippen LogP contribution is 2.07. The van der Waals surface area contributed by atoms with Crippen molar-refractivity contribution in [3.05, 3.63) is 22.4 Å². The van der Waals surface area contributed by atoms with Gasteiger partial charge in [0, 0.05) is 13.1 Å². The first-order valence-electron chi connectivity index (χ1n) is 5.38. The van der Waals surface area contributed by atoms with Gasteiger partial charge in [0.25, 0.3) is 5.91 Å². The van der Waals surface area contributed by atoms with Gasteiger partial charge in [-0.05, 0) is 24.8 Å². The molecule has 0 saturated carbocycles. The van der Waals surface area contributed by atoms with Gasteiger partial charge < -0.3 is 15.7 Å². The molecule has 5 nitrogen and oxygen atoms in total. The van der Waals surface area contributed by atoms with Crippen LogP contribution in [0.2, 0.25) is 0 Å². The van der Waals surface area contributed by atoms with E-state index in [1.807, 2.05) is 11.4 Å². The van der Waals surface area contributed by atoms with Crippen LogP contribution in [0.4, 0.5) is 0 Å². The van der Waals surface area contributed by atoms with E-state index < -0.39 is 12.0 Å². The van der Waals surface area contributed by atoms with Crippen LogP contribution in [0.3, 0.4) is 0 Å². The number of aliphatic hydroxyl groups excluding tert-OH is 1.